The first-order chi connectivity index (χ1) is 15.7. The van der Waals surface area contributed by atoms with Crippen molar-refractivity contribution in [2.45, 2.75) is 19.6 Å². The fourth-order valence-electron chi connectivity index (χ4n) is 3.77. The van der Waals surface area contributed by atoms with E-state index >= 15 is 0 Å². The molecule has 0 saturated carbocycles. The van der Waals surface area contributed by atoms with Gasteiger partial charge in [-0.05, 0) is 53.6 Å². The molecule has 0 aliphatic heterocycles. The van der Waals surface area contributed by atoms with Crippen LogP contribution in [0.4, 0.5) is 0 Å². The van der Waals surface area contributed by atoms with E-state index in [1.807, 2.05) is 36.4 Å². The summed E-state index contributed by atoms with van der Waals surface area (Å²) in [5.41, 5.74) is 3.22. The molecule has 0 amide bonds. The van der Waals surface area contributed by atoms with Crippen LogP contribution in [0.15, 0.2) is 78.9 Å². The molecule has 0 atom stereocenters. The van der Waals surface area contributed by atoms with Crippen molar-refractivity contribution in [3.8, 4) is 11.5 Å². The van der Waals surface area contributed by atoms with E-state index in [0.717, 1.165) is 35.6 Å². The molecular formula is C27H25Cl2NO2. The highest BCUT2D eigenvalue weighted by Gasteiger charge is 2.11. The van der Waals surface area contributed by atoms with Gasteiger partial charge in [0.15, 0.2) is 0 Å². The summed E-state index contributed by atoms with van der Waals surface area (Å²) in [6.45, 7) is 1.90. The quantitative estimate of drug-likeness (QED) is 0.268. The molecule has 0 saturated heterocycles. The number of rotatable bonds is 9. The van der Waals surface area contributed by atoms with Crippen molar-refractivity contribution in [2.75, 3.05) is 13.7 Å². The number of ether oxygens (including phenoxy) is 2. The molecule has 4 aromatic carbocycles. The largest absolute Gasteiger partial charge is 0.496 e. The van der Waals surface area contributed by atoms with Crippen molar-refractivity contribution in [1.82, 2.24) is 5.32 Å². The van der Waals surface area contributed by atoms with Crippen LogP contribution in [0.5, 0.6) is 11.5 Å². The minimum Gasteiger partial charge on any atom is -0.496 e. The monoisotopic (exact) mass is 465 g/mol. The molecule has 0 spiro atoms. The van der Waals surface area contributed by atoms with Crippen molar-refractivity contribution in [1.29, 1.82) is 0 Å². The number of nitrogens with one attached hydrogen (secondary N) is 1. The van der Waals surface area contributed by atoms with Gasteiger partial charge in [-0.15, -0.1) is 0 Å². The van der Waals surface area contributed by atoms with Crippen LogP contribution in [0.1, 0.15) is 16.7 Å². The number of para-hydroxylation sites is 1. The molecule has 0 fully saturated rings. The Labute approximate surface area is 198 Å². The molecule has 0 unspecified atom stereocenters. The van der Waals surface area contributed by atoms with Crippen LogP contribution in [0.25, 0.3) is 10.8 Å². The maximum atomic E-state index is 6.33. The smallest absolute Gasteiger partial charge is 0.124 e. The lowest BCUT2D eigenvalue weighted by molar-refractivity contribution is 0.303. The van der Waals surface area contributed by atoms with E-state index < -0.39 is 0 Å². The maximum absolute atomic E-state index is 6.33. The van der Waals surface area contributed by atoms with Crippen molar-refractivity contribution in [3.05, 3.63) is 106 Å². The molecule has 0 heterocycles. The van der Waals surface area contributed by atoms with E-state index in [9.17, 15) is 0 Å². The Morgan fingerprint density at radius 3 is 2.47 bits per heavy atom. The fraction of sp³-hybridized carbons (Fsp3) is 0.185. The lowest BCUT2D eigenvalue weighted by Crippen LogP contribution is -2.18. The van der Waals surface area contributed by atoms with Crippen LogP contribution in [0, 0.1) is 0 Å². The van der Waals surface area contributed by atoms with Crippen LogP contribution >= 0.6 is 23.2 Å². The highest BCUT2D eigenvalue weighted by Crippen LogP contribution is 2.30. The van der Waals surface area contributed by atoms with Crippen molar-refractivity contribution in [3.63, 3.8) is 0 Å². The third-order valence-electron chi connectivity index (χ3n) is 5.46. The van der Waals surface area contributed by atoms with E-state index in [1.165, 1.54) is 16.3 Å². The lowest BCUT2D eigenvalue weighted by atomic mass is 10.0. The number of benzene rings is 4. The number of halogens is 2. The van der Waals surface area contributed by atoms with Gasteiger partial charge in [-0.3, -0.25) is 0 Å². The average molecular weight is 466 g/mol. The van der Waals surface area contributed by atoms with Crippen LogP contribution in [-0.4, -0.2) is 13.7 Å². The van der Waals surface area contributed by atoms with E-state index in [2.05, 4.69) is 41.7 Å². The average Bonchev–Trinajstić information content (AvgIpc) is 2.82. The topological polar surface area (TPSA) is 30.5 Å². The predicted molar refractivity (Wildman–Crippen MR) is 133 cm³/mol. The summed E-state index contributed by atoms with van der Waals surface area (Å²) in [7, 11) is 1.71. The SMILES string of the molecule is COc1ccccc1CCNCc1c(OCc2ccc(Cl)cc2Cl)ccc2ccccc12. The van der Waals surface area contributed by atoms with Gasteiger partial charge < -0.3 is 14.8 Å². The Morgan fingerprint density at radius 2 is 1.62 bits per heavy atom. The summed E-state index contributed by atoms with van der Waals surface area (Å²) < 4.78 is 11.7. The summed E-state index contributed by atoms with van der Waals surface area (Å²) in [6.07, 6.45) is 0.880. The molecule has 0 aliphatic carbocycles. The summed E-state index contributed by atoms with van der Waals surface area (Å²) >= 11 is 12.3. The van der Waals surface area contributed by atoms with Crippen molar-refractivity contribution >= 4 is 34.0 Å². The van der Waals surface area contributed by atoms with Gasteiger partial charge in [0, 0.05) is 27.7 Å². The lowest BCUT2D eigenvalue weighted by Gasteiger charge is -2.16. The van der Waals surface area contributed by atoms with Crippen molar-refractivity contribution in [2.24, 2.45) is 0 Å². The Morgan fingerprint density at radius 1 is 0.812 bits per heavy atom. The summed E-state index contributed by atoms with van der Waals surface area (Å²) in [5, 5.41) is 7.16. The minimum absolute atomic E-state index is 0.378. The van der Waals surface area contributed by atoms with Gasteiger partial charge >= 0.3 is 0 Å². The number of methoxy groups -OCH3 is 1. The van der Waals surface area contributed by atoms with Gasteiger partial charge in [-0.1, -0.05) is 77.8 Å². The van der Waals surface area contributed by atoms with Crippen LogP contribution in [0.3, 0.4) is 0 Å². The molecule has 1 N–H and O–H groups in total. The Bertz CT molecular complexity index is 1210. The molecule has 5 heteroatoms. The number of hydrogen-bond acceptors (Lipinski definition) is 3. The Balaban J connectivity index is 1.49. The van der Waals surface area contributed by atoms with Gasteiger partial charge in [-0.25, -0.2) is 0 Å². The molecule has 4 aromatic rings. The Kier molecular flexibility index (Phi) is 7.54. The zero-order chi connectivity index (χ0) is 22.3. The molecule has 4 rings (SSSR count). The Hall–Kier alpha value is -2.72. The second-order valence-corrected chi connectivity index (χ2v) is 8.37. The van der Waals surface area contributed by atoms with Crippen molar-refractivity contribution < 1.29 is 9.47 Å². The molecule has 0 bridgehead atoms. The number of fused-ring (bicyclic) bond motifs is 1. The normalized spacial score (nSPS) is 11.0. The van der Waals surface area contributed by atoms with E-state index in [0.29, 0.717) is 23.2 Å². The zero-order valence-electron chi connectivity index (χ0n) is 17.9. The van der Waals surface area contributed by atoms with Crippen LogP contribution in [0.2, 0.25) is 10.0 Å². The molecule has 0 aromatic heterocycles. The third kappa shape index (κ3) is 5.36. The van der Waals surface area contributed by atoms with E-state index in [4.69, 9.17) is 32.7 Å². The van der Waals surface area contributed by atoms with Crippen LogP contribution in [-0.2, 0) is 19.6 Å². The zero-order valence-corrected chi connectivity index (χ0v) is 19.4. The highest BCUT2D eigenvalue weighted by atomic mass is 35.5. The van der Waals surface area contributed by atoms with Gasteiger partial charge in [0.2, 0.25) is 0 Å². The first-order valence-corrected chi connectivity index (χ1v) is 11.3. The standard InChI is InChI=1S/C27H25Cl2NO2/c1-31-26-9-5-3-7-20(26)14-15-30-17-24-23-8-4-2-6-19(23)11-13-27(24)32-18-21-10-12-22(28)16-25(21)29/h2-13,16,30H,14-15,17-18H2,1H3. The third-order valence-corrected chi connectivity index (χ3v) is 6.05. The molecule has 32 heavy (non-hydrogen) atoms. The maximum Gasteiger partial charge on any atom is 0.124 e. The van der Waals surface area contributed by atoms with E-state index in [1.54, 1.807) is 13.2 Å². The second-order valence-electron chi connectivity index (χ2n) is 7.53. The fourth-order valence-corrected chi connectivity index (χ4v) is 4.24. The van der Waals surface area contributed by atoms with E-state index in [-0.39, 0.29) is 0 Å². The van der Waals surface area contributed by atoms with Crippen LogP contribution < -0.4 is 14.8 Å². The first-order valence-electron chi connectivity index (χ1n) is 10.6. The van der Waals surface area contributed by atoms with Gasteiger partial charge in [0.05, 0.1) is 7.11 Å². The molecular weight excluding hydrogens is 441 g/mol. The highest BCUT2D eigenvalue weighted by molar-refractivity contribution is 6.35. The molecule has 0 aliphatic rings. The summed E-state index contributed by atoms with van der Waals surface area (Å²) in [6, 6.07) is 26.1. The predicted octanol–water partition coefficient (Wildman–Crippen LogP) is 7.07. The second kappa shape index (κ2) is 10.7. The first kappa shape index (κ1) is 22.5. The molecule has 3 nitrogen and oxygen atoms in total. The molecule has 0 radical (unpaired) electrons. The molecule has 164 valence electrons. The summed E-state index contributed by atoms with van der Waals surface area (Å²) in [4.78, 5) is 0. The van der Waals surface area contributed by atoms with Gasteiger partial charge in [0.1, 0.15) is 18.1 Å². The van der Waals surface area contributed by atoms with Gasteiger partial charge in [0.25, 0.3) is 0 Å². The number of hydrogen-bond donors (Lipinski definition) is 1. The minimum atomic E-state index is 0.378. The van der Waals surface area contributed by atoms with Gasteiger partial charge in [-0.2, -0.15) is 0 Å². The summed E-state index contributed by atoms with van der Waals surface area (Å²) in [5.74, 6) is 1.77.